The number of piperidine rings is 1. The lowest BCUT2D eigenvalue weighted by molar-refractivity contribution is 0.0993. The molecule has 1 aliphatic carbocycles. The maximum atomic E-state index is 5.36. The van der Waals surface area contributed by atoms with E-state index in [-0.39, 0.29) is 0 Å². The minimum atomic E-state index is 0.544. The van der Waals surface area contributed by atoms with E-state index in [9.17, 15) is 0 Å². The quantitative estimate of drug-likeness (QED) is 0.684. The first-order valence-corrected chi connectivity index (χ1v) is 8.50. The molecule has 2 fully saturated rings. The molecule has 2 heterocycles. The first-order chi connectivity index (χ1) is 10.8. The van der Waals surface area contributed by atoms with Crippen molar-refractivity contribution in [2.24, 2.45) is 0 Å². The summed E-state index contributed by atoms with van der Waals surface area (Å²) in [6.07, 6.45) is 6.03. The third-order valence-corrected chi connectivity index (χ3v) is 4.74. The molecule has 0 amide bonds. The Morgan fingerprint density at radius 2 is 2.23 bits per heavy atom. The molecule has 1 aromatic rings. The fourth-order valence-corrected chi connectivity index (χ4v) is 3.20. The highest BCUT2D eigenvalue weighted by atomic mass is 16.5. The van der Waals surface area contributed by atoms with Crippen LogP contribution in [0.4, 0.5) is 0 Å². The van der Waals surface area contributed by atoms with Gasteiger partial charge in [0.25, 0.3) is 0 Å². The van der Waals surface area contributed by atoms with E-state index in [0.29, 0.717) is 12.0 Å². The van der Waals surface area contributed by atoms with Crippen molar-refractivity contribution in [2.45, 2.75) is 50.6 Å². The molecule has 0 aromatic carbocycles. The predicted molar refractivity (Wildman–Crippen MR) is 83.7 cm³/mol. The van der Waals surface area contributed by atoms with Crippen LogP contribution < -0.4 is 0 Å². The van der Waals surface area contributed by atoms with E-state index in [2.05, 4.69) is 27.0 Å². The molecule has 1 atom stereocenters. The highest BCUT2D eigenvalue weighted by Crippen LogP contribution is 2.38. The molecule has 0 radical (unpaired) electrons. The summed E-state index contributed by atoms with van der Waals surface area (Å²) in [6.45, 7) is 4.99. The number of likely N-dealkylation sites (N-methyl/N-ethyl adjacent to an activating group) is 1. The fourth-order valence-electron chi connectivity index (χ4n) is 3.20. The molecular weight excluding hydrogens is 280 g/mol. The van der Waals surface area contributed by atoms with Gasteiger partial charge in [-0.1, -0.05) is 5.16 Å². The SMILES string of the molecule is COCCCN(C)C1CCCN(Cc2noc(C3CC3)n2)C1. The molecular formula is C16H28N4O2. The Morgan fingerprint density at radius 3 is 3.00 bits per heavy atom. The van der Waals surface area contributed by atoms with Crippen molar-refractivity contribution in [3.63, 3.8) is 0 Å². The van der Waals surface area contributed by atoms with Crippen LogP contribution in [0.1, 0.15) is 49.7 Å². The van der Waals surface area contributed by atoms with Crippen LogP contribution >= 0.6 is 0 Å². The van der Waals surface area contributed by atoms with Gasteiger partial charge in [0.1, 0.15) is 0 Å². The topological polar surface area (TPSA) is 54.6 Å². The minimum absolute atomic E-state index is 0.544. The average molecular weight is 308 g/mol. The minimum Gasteiger partial charge on any atom is -0.385 e. The second-order valence-corrected chi connectivity index (χ2v) is 6.68. The van der Waals surface area contributed by atoms with Gasteiger partial charge < -0.3 is 14.2 Å². The van der Waals surface area contributed by atoms with Crippen molar-refractivity contribution in [1.29, 1.82) is 0 Å². The van der Waals surface area contributed by atoms with E-state index in [1.807, 2.05) is 0 Å². The molecule has 3 rings (SSSR count). The second-order valence-electron chi connectivity index (χ2n) is 6.68. The maximum absolute atomic E-state index is 5.36. The van der Waals surface area contributed by atoms with E-state index < -0.39 is 0 Å². The maximum Gasteiger partial charge on any atom is 0.229 e. The zero-order valence-corrected chi connectivity index (χ0v) is 13.8. The molecule has 6 nitrogen and oxygen atoms in total. The van der Waals surface area contributed by atoms with Crippen LogP contribution in [-0.4, -0.2) is 66.4 Å². The van der Waals surface area contributed by atoms with Gasteiger partial charge in [-0.3, -0.25) is 4.90 Å². The summed E-state index contributed by atoms with van der Waals surface area (Å²) < 4.78 is 10.5. The van der Waals surface area contributed by atoms with Crippen molar-refractivity contribution >= 4 is 0 Å². The van der Waals surface area contributed by atoms with Crippen LogP contribution in [0.5, 0.6) is 0 Å². The van der Waals surface area contributed by atoms with Gasteiger partial charge in [-0.2, -0.15) is 4.98 Å². The second kappa shape index (κ2) is 7.53. The Morgan fingerprint density at radius 1 is 1.36 bits per heavy atom. The summed E-state index contributed by atoms with van der Waals surface area (Å²) in [5.74, 6) is 2.24. The third kappa shape index (κ3) is 4.27. The van der Waals surface area contributed by atoms with E-state index in [4.69, 9.17) is 9.26 Å². The highest BCUT2D eigenvalue weighted by Gasteiger charge is 2.30. The van der Waals surface area contributed by atoms with Crippen molar-refractivity contribution < 1.29 is 9.26 Å². The van der Waals surface area contributed by atoms with Gasteiger partial charge in [0.15, 0.2) is 5.82 Å². The van der Waals surface area contributed by atoms with Crippen LogP contribution in [0.2, 0.25) is 0 Å². The molecule has 0 N–H and O–H groups in total. The summed E-state index contributed by atoms with van der Waals surface area (Å²) in [5.41, 5.74) is 0. The van der Waals surface area contributed by atoms with E-state index in [1.54, 1.807) is 7.11 Å². The van der Waals surface area contributed by atoms with E-state index in [0.717, 1.165) is 50.9 Å². The number of methoxy groups -OCH3 is 1. The number of ether oxygens (including phenoxy) is 1. The zero-order chi connectivity index (χ0) is 15.4. The molecule has 22 heavy (non-hydrogen) atoms. The fraction of sp³-hybridized carbons (Fsp3) is 0.875. The number of hydrogen-bond donors (Lipinski definition) is 0. The lowest BCUT2D eigenvalue weighted by Crippen LogP contribution is -2.46. The summed E-state index contributed by atoms with van der Waals surface area (Å²) in [5, 5.41) is 4.14. The average Bonchev–Trinajstić information content (AvgIpc) is 3.28. The first-order valence-electron chi connectivity index (χ1n) is 8.50. The van der Waals surface area contributed by atoms with Crippen LogP contribution in [0.25, 0.3) is 0 Å². The number of nitrogens with zero attached hydrogens (tertiary/aromatic N) is 4. The summed E-state index contributed by atoms with van der Waals surface area (Å²) in [6, 6.07) is 0.625. The first kappa shape index (κ1) is 15.9. The molecule has 0 bridgehead atoms. The van der Waals surface area contributed by atoms with Crippen LogP contribution in [-0.2, 0) is 11.3 Å². The van der Waals surface area contributed by atoms with Gasteiger partial charge in [0.2, 0.25) is 5.89 Å². The normalized spacial score (nSPS) is 23.3. The standard InChI is InChI=1S/C16H28N4O2/c1-19(8-4-10-21-2)14-5-3-9-20(11-14)12-15-17-16(22-18-15)13-6-7-13/h13-14H,3-12H2,1-2H3. The molecule has 1 aromatic heterocycles. The molecule has 1 saturated heterocycles. The van der Waals surface area contributed by atoms with E-state index in [1.165, 1.54) is 25.7 Å². The van der Waals surface area contributed by atoms with Crippen molar-refractivity contribution in [2.75, 3.05) is 40.4 Å². The Balaban J connectivity index is 1.46. The number of likely N-dealkylation sites (tertiary alicyclic amines) is 1. The Labute approximate surface area is 132 Å². The Bertz CT molecular complexity index is 461. The zero-order valence-electron chi connectivity index (χ0n) is 13.8. The molecule has 1 saturated carbocycles. The van der Waals surface area contributed by atoms with Crippen LogP contribution in [0, 0.1) is 0 Å². The van der Waals surface area contributed by atoms with Gasteiger partial charge in [-0.25, -0.2) is 0 Å². The predicted octanol–water partition coefficient (Wildman–Crippen LogP) is 1.88. The molecule has 2 aliphatic rings. The van der Waals surface area contributed by atoms with Crippen LogP contribution in [0.3, 0.4) is 0 Å². The van der Waals surface area contributed by atoms with Crippen molar-refractivity contribution in [3.05, 3.63) is 11.7 Å². The van der Waals surface area contributed by atoms with Crippen molar-refractivity contribution in [1.82, 2.24) is 19.9 Å². The molecule has 1 unspecified atom stereocenters. The van der Waals surface area contributed by atoms with Gasteiger partial charge >= 0.3 is 0 Å². The van der Waals surface area contributed by atoms with Crippen molar-refractivity contribution in [3.8, 4) is 0 Å². The summed E-state index contributed by atoms with van der Waals surface area (Å²) in [7, 11) is 3.99. The van der Waals surface area contributed by atoms with Crippen LogP contribution in [0.15, 0.2) is 4.52 Å². The summed E-state index contributed by atoms with van der Waals surface area (Å²) >= 11 is 0. The Hall–Kier alpha value is -0.980. The molecule has 124 valence electrons. The molecule has 1 aliphatic heterocycles. The molecule has 0 spiro atoms. The largest absolute Gasteiger partial charge is 0.385 e. The lowest BCUT2D eigenvalue weighted by atomic mass is 10.0. The van der Waals surface area contributed by atoms with Gasteiger partial charge in [-0.15, -0.1) is 0 Å². The smallest absolute Gasteiger partial charge is 0.229 e. The summed E-state index contributed by atoms with van der Waals surface area (Å²) in [4.78, 5) is 9.48. The van der Waals surface area contributed by atoms with Gasteiger partial charge in [0, 0.05) is 38.8 Å². The lowest BCUT2D eigenvalue weighted by Gasteiger charge is -2.37. The highest BCUT2D eigenvalue weighted by molar-refractivity contribution is 5.01. The monoisotopic (exact) mass is 308 g/mol. The Kier molecular flexibility index (Phi) is 5.44. The molecule has 6 heteroatoms. The number of aromatic nitrogens is 2. The number of rotatable bonds is 8. The van der Waals surface area contributed by atoms with Gasteiger partial charge in [0.05, 0.1) is 6.54 Å². The van der Waals surface area contributed by atoms with Gasteiger partial charge in [-0.05, 0) is 45.7 Å². The number of hydrogen-bond acceptors (Lipinski definition) is 6. The third-order valence-electron chi connectivity index (χ3n) is 4.74. The van der Waals surface area contributed by atoms with E-state index >= 15 is 0 Å².